The van der Waals surface area contributed by atoms with Crippen LogP contribution in [0.15, 0.2) is 54.7 Å². The highest BCUT2D eigenvalue weighted by Gasteiger charge is 2.04. The van der Waals surface area contributed by atoms with Crippen molar-refractivity contribution >= 4 is 16.5 Å². The Kier molecular flexibility index (Phi) is 2.22. The maximum absolute atomic E-state index is 5.89. The van der Waals surface area contributed by atoms with Gasteiger partial charge in [-0.15, -0.1) is 5.10 Å². The van der Waals surface area contributed by atoms with Crippen LogP contribution >= 0.6 is 0 Å². The molecule has 0 aliphatic rings. The molecule has 0 radical (unpaired) electrons. The second-order valence-electron chi connectivity index (χ2n) is 3.90. The molecule has 0 amide bonds. The molecule has 0 bridgehead atoms. The van der Waals surface area contributed by atoms with Crippen LogP contribution < -0.4 is 5.73 Å². The van der Waals surface area contributed by atoms with E-state index in [1.807, 2.05) is 18.2 Å². The van der Waals surface area contributed by atoms with Gasteiger partial charge in [-0.2, -0.15) is 5.10 Å². The van der Waals surface area contributed by atoms with Crippen LogP contribution in [0.4, 0.5) is 5.69 Å². The summed E-state index contributed by atoms with van der Waals surface area (Å²) in [5.74, 6) is 0. The van der Waals surface area contributed by atoms with Crippen LogP contribution in [0.1, 0.15) is 0 Å². The van der Waals surface area contributed by atoms with Gasteiger partial charge in [0.1, 0.15) is 5.69 Å². The van der Waals surface area contributed by atoms with Gasteiger partial charge in [-0.25, -0.2) is 0 Å². The fourth-order valence-electron chi connectivity index (χ4n) is 1.90. The van der Waals surface area contributed by atoms with E-state index in [-0.39, 0.29) is 0 Å². The number of anilines is 1. The molecular weight excluding hydrogens is 210 g/mol. The molecule has 3 heteroatoms. The number of nitrogen functional groups attached to an aromatic ring is 1. The van der Waals surface area contributed by atoms with Gasteiger partial charge in [-0.3, -0.25) is 0 Å². The van der Waals surface area contributed by atoms with Gasteiger partial charge in [0.25, 0.3) is 0 Å². The number of benzene rings is 2. The summed E-state index contributed by atoms with van der Waals surface area (Å²) in [5, 5.41) is 10.3. The predicted octanol–water partition coefficient (Wildman–Crippen LogP) is 2.88. The maximum atomic E-state index is 5.89. The first kappa shape index (κ1) is 9.78. The van der Waals surface area contributed by atoms with Crippen molar-refractivity contribution in [1.82, 2.24) is 10.2 Å². The van der Waals surface area contributed by atoms with E-state index < -0.39 is 0 Å². The van der Waals surface area contributed by atoms with E-state index in [2.05, 4.69) is 34.5 Å². The van der Waals surface area contributed by atoms with Crippen LogP contribution in [0, 0.1) is 0 Å². The zero-order valence-electron chi connectivity index (χ0n) is 9.17. The Hall–Kier alpha value is -2.42. The lowest BCUT2D eigenvalue weighted by Gasteiger charge is -2.04. The Morgan fingerprint density at radius 1 is 0.882 bits per heavy atom. The lowest BCUT2D eigenvalue weighted by molar-refractivity contribution is 1.04. The monoisotopic (exact) mass is 221 g/mol. The largest absolute Gasteiger partial charge is 0.397 e. The van der Waals surface area contributed by atoms with E-state index in [9.17, 15) is 0 Å². The Morgan fingerprint density at radius 3 is 2.53 bits per heavy atom. The Morgan fingerprint density at radius 2 is 1.71 bits per heavy atom. The maximum Gasteiger partial charge on any atom is 0.116 e. The lowest BCUT2D eigenvalue weighted by atomic mass is 10.0. The molecule has 2 N–H and O–H groups in total. The summed E-state index contributed by atoms with van der Waals surface area (Å²) < 4.78 is 0. The van der Waals surface area contributed by atoms with Gasteiger partial charge in [0, 0.05) is 5.56 Å². The van der Waals surface area contributed by atoms with E-state index in [1.54, 1.807) is 12.3 Å². The van der Waals surface area contributed by atoms with Crippen molar-refractivity contribution in [2.45, 2.75) is 0 Å². The minimum absolute atomic E-state index is 0.648. The molecule has 3 rings (SSSR count). The van der Waals surface area contributed by atoms with Gasteiger partial charge in [0.05, 0.1) is 11.9 Å². The molecule has 2 aromatic carbocycles. The molecule has 0 aliphatic heterocycles. The number of nitrogens with two attached hydrogens (primary N) is 1. The highest BCUT2D eigenvalue weighted by Crippen LogP contribution is 2.25. The van der Waals surface area contributed by atoms with Crippen LogP contribution in [0.25, 0.3) is 22.0 Å². The first-order valence-corrected chi connectivity index (χ1v) is 5.41. The number of nitrogens with zero attached hydrogens (tertiary/aromatic N) is 2. The first-order chi connectivity index (χ1) is 8.34. The third kappa shape index (κ3) is 1.72. The fourth-order valence-corrected chi connectivity index (χ4v) is 1.90. The average Bonchev–Trinajstić information content (AvgIpc) is 2.39. The Bertz CT molecular complexity index is 677. The van der Waals surface area contributed by atoms with E-state index in [1.165, 1.54) is 10.8 Å². The predicted molar refractivity (Wildman–Crippen MR) is 69.4 cm³/mol. The average molecular weight is 221 g/mol. The van der Waals surface area contributed by atoms with Gasteiger partial charge >= 0.3 is 0 Å². The molecule has 3 nitrogen and oxygen atoms in total. The number of aromatic nitrogens is 2. The van der Waals surface area contributed by atoms with Gasteiger partial charge < -0.3 is 5.73 Å². The minimum atomic E-state index is 0.648. The molecule has 0 atom stereocenters. The van der Waals surface area contributed by atoms with Crippen LogP contribution in [-0.2, 0) is 0 Å². The van der Waals surface area contributed by atoms with Crippen LogP contribution in [0.2, 0.25) is 0 Å². The molecular formula is C14H11N3. The second-order valence-corrected chi connectivity index (χ2v) is 3.90. The van der Waals surface area contributed by atoms with Gasteiger partial charge in [0.15, 0.2) is 0 Å². The fraction of sp³-hybridized carbons (Fsp3) is 0. The van der Waals surface area contributed by atoms with Crippen LogP contribution in [-0.4, -0.2) is 10.2 Å². The highest BCUT2D eigenvalue weighted by molar-refractivity contribution is 5.88. The van der Waals surface area contributed by atoms with Crippen molar-refractivity contribution in [3.8, 4) is 11.3 Å². The smallest absolute Gasteiger partial charge is 0.116 e. The Labute approximate surface area is 98.9 Å². The first-order valence-electron chi connectivity index (χ1n) is 5.41. The molecule has 82 valence electrons. The molecule has 0 saturated heterocycles. The van der Waals surface area contributed by atoms with Crippen LogP contribution in [0.5, 0.6) is 0 Å². The summed E-state index contributed by atoms with van der Waals surface area (Å²) in [7, 11) is 0. The lowest BCUT2D eigenvalue weighted by Crippen LogP contribution is -1.94. The van der Waals surface area contributed by atoms with Gasteiger partial charge in [0.2, 0.25) is 0 Å². The number of fused-ring (bicyclic) bond motifs is 1. The molecule has 1 aromatic heterocycles. The molecule has 0 aliphatic carbocycles. The third-order valence-corrected chi connectivity index (χ3v) is 2.77. The highest BCUT2D eigenvalue weighted by atomic mass is 15.1. The summed E-state index contributed by atoms with van der Waals surface area (Å²) in [5.41, 5.74) is 8.27. The molecule has 0 unspecified atom stereocenters. The van der Waals surface area contributed by atoms with E-state index in [4.69, 9.17) is 5.73 Å². The number of hydrogen-bond donors (Lipinski definition) is 1. The van der Waals surface area contributed by atoms with Crippen molar-refractivity contribution in [2.24, 2.45) is 0 Å². The molecule has 3 aromatic rings. The summed E-state index contributed by atoms with van der Waals surface area (Å²) in [6, 6.07) is 16.1. The van der Waals surface area contributed by atoms with E-state index in [0.29, 0.717) is 5.69 Å². The summed E-state index contributed by atoms with van der Waals surface area (Å²) >= 11 is 0. The summed E-state index contributed by atoms with van der Waals surface area (Å²) in [4.78, 5) is 0. The third-order valence-electron chi connectivity index (χ3n) is 2.77. The molecule has 1 heterocycles. The van der Waals surface area contributed by atoms with Crippen molar-refractivity contribution in [1.29, 1.82) is 0 Å². The number of hydrogen-bond acceptors (Lipinski definition) is 3. The zero-order chi connectivity index (χ0) is 11.7. The van der Waals surface area contributed by atoms with Crippen molar-refractivity contribution < 1.29 is 0 Å². The zero-order valence-corrected chi connectivity index (χ0v) is 9.17. The molecule has 17 heavy (non-hydrogen) atoms. The van der Waals surface area contributed by atoms with Crippen LogP contribution in [0.3, 0.4) is 0 Å². The normalized spacial score (nSPS) is 10.6. The van der Waals surface area contributed by atoms with Gasteiger partial charge in [-0.1, -0.05) is 36.4 Å². The standard InChI is InChI=1S/C14H11N3/c15-13-7-8-16-17-14(13)12-6-5-10-3-1-2-4-11(10)9-12/h1-9H,(H2,15,16). The Balaban J connectivity index is 2.22. The van der Waals surface area contributed by atoms with E-state index in [0.717, 1.165) is 11.3 Å². The van der Waals surface area contributed by atoms with Crippen molar-refractivity contribution in [2.75, 3.05) is 5.73 Å². The van der Waals surface area contributed by atoms with Gasteiger partial charge in [-0.05, 0) is 22.9 Å². The second kappa shape index (κ2) is 3.87. The topological polar surface area (TPSA) is 51.8 Å². The molecule has 0 fully saturated rings. The SMILES string of the molecule is Nc1ccnnc1-c1ccc2ccccc2c1. The summed E-state index contributed by atoms with van der Waals surface area (Å²) in [6.45, 7) is 0. The molecule has 0 saturated carbocycles. The summed E-state index contributed by atoms with van der Waals surface area (Å²) in [6.07, 6.45) is 1.60. The molecule has 0 spiro atoms. The van der Waals surface area contributed by atoms with Crippen molar-refractivity contribution in [3.05, 3.63) is 54.7 Å². The van der Waals surface area contributed by atoms with Crippen molar-refractivity contribution in [3.63, 3.8) is 0 Å². The quantitative estimate of drug-likeness (QED) is 0.687. The minimum Gasteiger partial charge on any atom is -0.397 e. The van der Waals surface area contributed by atoms with E-state index >= 15 is 0 Å². The number of rotatable bonds is 1.